The minimum atomic E-state index is -0.00494. The summed E-state index contributed by atoms with van der Waals surface area (Å²) in [4.78, 5) is 16.2. The van der Waals surface area contributed by atoms with Crippen LogP contribution in [0.1, 0.15) is 24.4 Å². The first-order chi connectivity index (χ1) is 12.8. The Morgan fingerprint density at radius 3 is 2.62 bits per heavy atom. The van der Waals surface area contributed by atoms with E-state index in [9.17, 15) is 4.79 Å². The zero-order valence-electron chi connectivity index (χ0n) is 14.2. The normalized spacial score (nSPS) is 13.5. The van der Waals surface area contributed by atoms with Crippen molar-refractivity contribution in [2.75, 3.05) is 5.75 Å². The second-order valence-electron chi connectivity index (χ2n) is 6.19. The van der Waals surface area contributed by atoms with Crippen LogP contribution in [0, 0.1) is 0 Å². The van der Waals surface area contributed by atoms with Gasteiger partial charge in [-0.2, -0.15) is 0 Å². The number of carbonyl (C=O) groups is 1. The van der Waals surface area contributed by atoms with Crippen LogP contribution in [0.4, 0.5) is 0 Å². The first-order valence-electron chi connectivity index (χ1n) is 8.60. The molecular weight excluding hydrogens is 346 g/mol. The molecule has 1 saturated carbocycles. The molecule has 1 aromatic carbocycles. The monoisotopic (exact) mass is 365 g/mol. The summed E-state index contributed by atoms with van der Waals surface area (Å²) >= 11 is 1.44. The van der Waals surface area contributed by atoms with E-state index in [0.717, 1.165) is 34.9 Å². The van der Waals surface area contributed by atoms with Gasteiger partial charge in [0.2, 0.25) is 5.91 Å². The van der Waals surface area contributed by atoms with E-state index in [2.05, 4.69) is 25.1 Å². The van der Waals surface area contributed by atoms with Crippen molar-refractivity contribution >= 4 is 17.7 Å². The molecule has 7 heteroatoms. The van der Waals surface area contributed by atoms with Crippen LogP contribution in [0.3, 0.4) is 0 Å². The van der Waals surface area contributed by atoms with Gasteiger partial charge in [0.15, 0.2) is 11.0 Å². The highest BCUT2D eigenvalue weighted by atomic mass is 32.2. The molecule has 1 amide bonds. The fourth-order valence-electron chi connectivity index (χ4n) is 2.71. The molecule has 26 heavy (non-hydrogen) atoms. The molecule has 1 aliphatic rings. The van der Waals surface area contributed by atoms with Crippen molar-refractivity contribution < 1.29 is 4.79 Å². The van der Waals surface area contributed by atoms with E-state index in [1.165, 1.54) is 11.8 Å². The van der Waals surface area contributed by atoms with Gasteiger partial charge in [-0.25, -0.2) is 0 Å². The Kier molecular flexibility index (Phi) is 4.97. The Morgan fingerprint density at radius 2 is 1.88 bits per heavy atom. The molecule has 2 heterocycles. The lowest BCUT2D eigenvalue weighted by molar-refractivity contribution is -0.118. The van der Waals surface area contributed by atoms with Gasteiger partial charge in [-0.15, -0.1) is 10.2 Å². The quantitative estimate of drug-likeness (QED) is 0.652. The third-order valence-electron chi connectivity index (χ3n) is 4.18. The van der Waals surface area contributed by atoms with E-state index < -0.39 is 0 Å². The fourth-order valence-corrected chi connectivity index (χ4v) is 3.55. The topological polar surface area (TPSA) is 72.7 Å². The van der Waals surface area contributed by atoms with E-state index in [1.54, 1.807) is 12.4 Å². The van der Waals surface area contributed by atoms with Gasteiger partial charge in [0, 0.05) is 30.5 Å². The van der Waals surface area contributed by atoms with Gasteiger partial charge < -0.3 is 5.32 Å². The molecule has 0 atom stereocenters. The Hall–Kier alpha value is -2.67. The Balaban J connectivity index is 1.40. The van der Waals surface area contributed by atoms with Crippen molar-refractivity contribution in [1.82, 2.24) is 25.1 Å². The van der Waals surface area contributed by atoms with Gasteiger partial charge in [-0.3, -0.25) is 14.3 Å². The zero-order chi connectivity index (χ0) is 17.8. The van der Waals surface area contributed by atoms with E-state index >= 15 is 0 Å². The van der Waals surface area contributed by atoms with Gasteiger partial charge in [0.1, 0.15) is 0 Å². The lowest BCUT2D eigenvalue weighted by Crippen LogP contribution is -2.24. The molecule has 4 rings (SSSR count). The summed E-state index contributed by atoms with van der Waals surface area (Å²) in [5, 5.41) is 12.4. The maximum absolute atomic E-state index is 12.2. The third kappa shape index (κ3) is 3.94. The van der Waals surface area contributed by atoms with Crippen LogP contribution in [0.25, 0.3) is 11.4 Å². The second-order valence-corrected chi connectivity index (χ2v) is 7.14. The third-order valence-corrected chi connectivity index (χ3v) is 5.12. The standard InChI is InChI=1S/C19H19N5OS/c25-17(21-12-14-4-2-1-3-5-14)13-26-19-23-22-18(24(19)16-6-7-16)15-8-10-20-11-9-15/h1-5,8-11,16H,6-7,12-13H2,(H,21,25). The zero-order valence-corrected chi connectivity index (χ0v) is 15.0. The summed E-state index contributed by atoms with van der Waals surface area (Å²) in [5.41, 5.74) is 2.09. The number of nitrogens with one attached hydrogen (secondary N) is 1. The number of thioether (sulfide) groups is 1. The maximum Gasteiger partial charge on any atom is 0.230 e. The fraction of sp³-hybridized carbons (Fsp3) is 0.263. The molecular formula is C19H19N5OS. The largest absolute Gasteiger partial charge is 0.351 e. The van der Waals surface area contributed by atoms with Crippen LogP contribution in [-0.4, -0.2) is 31.4 Å². The van der Waals surface area contributed by atoms with E-state index in [-0.39, 0.29) is 5.91 Å². The number of amides is 1. The van der Waals surface area contributed by atoms with Gasteiger partial charge in [-0.05, 0) is 30.5 Å². The maximum atomic E-state index is 12.2. The van der Waals surface area contributed by atoms with Crippen molar-refractivity contribution in [1.29, 1.82) is 0 Å². The second kappa shape index (κ2) is 7.70. The highest BCUT2D eigenvalue weighted by Gasteiger charge is 2.30. The molecule has 0 radical (unpaired) electrons. The molecule has 0 saturated heterocycles. The summed E-state index contributed by atoms with van der Waals surface area (Å²) in [6, 6.07) is 14.2. The van der Waals surface area contributed by atoms with E-state index in [1.807, 2.05) is 42.5 Å². The highest BCUT2D eigenvalue weighted by molar-refractivity contribution is 7.99. The van der Waals surface area contributed by atoms with E-state index in [4.69, 9.17) is 0 Å². The number of nitrogens with zero attached hydrogens (tertiary/aromatic N) is 4. The number of benzene rings is 1. The number of carbonyl (C=O) groups excluding carboxylic acids is 1. The first kappa shape index (κ1) is 16.8. The molecule has 1 aliphatic carbocycles. The number of aromatic nitrogens is 4. The lowest BCUT2D eigenvalue weighted by Gasteiger charge is -2.09. The predicted molar refractivity (Wildman–Crippen MR) is 101 cm³/mol. The van der Waals surface area contributed by atoms with Crippen LogP contribution in [0.2, 0.25) is 0 Å². The lowest BCUT2D eigenvalue weighted by atomic mass is 10.2. The first-order valence-corrected chi connectivity index (χ1v) is 9.58. The summed E-state index contributed by atoms with van der Waals surface area (Å²) in [5.74, 6) is 1.17. The molecule has 0 bridgehead atoms. The average molecular weight is 365 g/mol. The minimum Gasteiger partial charge on any atom is -0.351 e. The van der Waals surface area contributed by atoms with Crippen molar-refractivity contribution in [3.63, 3.8) is 0 Å². The smallest absolute Gasteiger partial charge is 0.230 e. The van der Waals surface area contributed by atoms with Crippen LogP contribution < -0.4 is 5.32 Å². The van der Waals surface area contributed by atoms with E-state index in [0.29, 0.717) is 18.3 Å². The molecule has 6 nitrogen and oxygen atoms in total. The molecule has 3 aromatic rings. The summed E-state index contributed by atoms with van der Waals surface area (Å²) in [6.07, 6.45) is 5.77. The van der Waals surface area contributed by atoms with Crippen molar-refractivity contribution in [3.05, 3.63) is 60.4 Å². The van der Waals surface area contributed by atoms with Crippen LogP contribution >= 0.6 is 11.8 Å². The van der Waals surface area contributed by atoms with Crippen molar-refractivity contribution in [2.45, 2.75) is 30.6 Å². The van der Waals surface area contributed by atoms with Crippen LogP contribution in [0.15, 0.2) is 60.0 Å². The Bertz CT molecular complexity index is 877. The summed E-state index contributed by atoms with van der Waals surface area (Å²) in [7, 11) is 0. The number of hydrogen-bond donors (Lipinski definition) is 1. The van der Waals surface area contributed by atoms with Gasteiger partial charge in [0.05, 0.1) is 5.75 Å². The number of pyridine rings is 1. The number of hydrogen-bond acceptors (Lipinski definition) is 5. The molecule has 1 fully saturated rings. The SMILES string of the molecule is O=C(CSc1nnc(-c2ccncc2)n1C1CC1)NCc1ccccc1. The molecule has 132 valence electrons. The van der Waals surface area contributed by atoms with Gasteiger partial charge in [-0.1, -0.05) is 42.1 Å². The van der Waals surface area contributed by atoms with Crippen LogP contribution in [0.5, 0.6) is 0 Å². The molecule has 0 aliphatic heterocycles. The van der Waals surface area contributed by atoms with Gasteiger partial charge >= 0.3 is 0 Å². The Labute approximate surface area is 156 Å². The average Bonchev–Trinajstić information content (AvgIpc) is 3.45. The molecule has 0 spiro atoms. The van der Waals surface area contributed by atoms with Crippen molar-refractivity contribution in [2.24, 2.45) is 0 Å². The van der Waals surface area contributed by atoms with Gasteiger partial charge in [0.25, 0.3) is 0 Å². The Morgan fingerprint density at radius 1 is 1.12 bits per heavy atom. The number of rotatable bonds is 7. The summed E-state index contributed by atoms with van der Waals surface area (Å²) in [6.45, 7) is 0.539. The molecule has 2 aromatic heterocycles. The van der Waals surface area contributed by atoms with Crippen molar-refractivity contribution in [3.8, 4) is 11.4 Å². The predicted octanol–water partition coefficient (Wildman–Crippen LogP) is 3.08. The van der Waals surface area contributed by atoms with Crippen LogP contribution in [-0.2, 0) is 11.3 Å². The minimum absolute atomic E-state index is 0.00494. The molecule has 0 unspecified atom stereocenters. The summed E-state index contributed by atoms with van der Waals surface area (Å²) < 4.78 is 2.16. The molecule has 1 N–H and O–H groups in total. The highest BCUT2D eigenvalue weighted by Crippen LogP contribution is 2.40.